The van der Waals surface area contributed by atoms with E-state index in [9.17, 15) is 14.4 Å². The number of pyridine rings is 1. The number of hydrogen-bond donors (Lipinski definition) is 0. The van der Waals surface area contributed by atoms with Gasteiger partial charge in [0.25, 0.3) is 0 Å². The summed E-state index contributed by atoms with van der Waals surface area (Å²) in [5.41, 5.74) is 0.807. The minimum atomic E-state index is -0.0980. The van der Waals surface area contributed by atoms with Crippen LogP contribution in [0.5, 0.6) is 0 Å². The average Bonchev–Trinajstić information content (AvgIpc) is 3.04. The number of aryl methyl sites for hydroxylation is 1. The number of carbonyl (C=O) groups excluding carboxylic acids is 3. The molecular formula is C19H22N2O3S. The summed E-state index contributed by atoms with van der Waals surface area (Å²) in [5.74, 6) is -0.162. The van der Waals surface area contributed by atoms with Gasteiger partial charge in [0, 0.05) is 43.8 Å². The van der Waals surface area contributed by atoms with Gasteiger partial charge in [-0.05, 0) is 31.2 Å². The van der Waals surface area contributed by atoms with Crippen LogP contribution in [0.1, 0.15) is 45.9 Å². The minimum absolute atomic E-state index is 0.00922. The van der Waals surface area contributed by atoms with Gasteiger partial charge in [0.15, 0.2) is 5.78 Å². The van der Waals surface area contributed by atoms with Gasteiger partial charge in [-0.2, -0.15) is 0 Å². The van der Waals surface area contributed by atoms with Crippen LogP contribution in [-0.2, 0) is 16.1 Å². The van der Waals surface area contributed by atoms with Crippen LogP contribution in [0.3, 0.4) is 0 Å². The lowest BCUT2D eigenvalue weighted by Gasteiger charge is -2.16. The fraction of sp³-hybridized carbons (Fsp3) is 0.368. The molecule has 0 bridgehead atoms. The van der Waals surface area contributed by atoms with Gasteiger partial charge in [-0.3, -0.25) is 19.4 Å². The Hall–Kier alpha value is -2.34. The van der Waals surface area contributed by atoms with Crippen LogP contribution >= 0.6 is 11.3 Å². The first kappa shape index (κ1) is 19.0. The van der Waals surface area contributed by atoms with Crippen molar-refractivity contribution < 1.29 is 14.4 Å². The number of aromatic nitrogens is 1. The van der Waals surface area contributed by atoms with Crippen molar-refractivity contribution in [1.82, 2.24) is 9.88 Å². The fourth-order valence-corrected chi connectivity index (χ4v) is 3.18. The topological polar surface area (TPSA) is 67.3 Å². The summed E-state index contributed by atoms with van der Waals surface area (Å²) in [4.78, 5) is 43.5. The summed E-state index contributed by atoms with van der Waals surface area (Å²) < 4.78 is 0. The second-order valence-electron chi connectivity index (χ2n) is 5.94. The van der Waals surface area contributed by atoms with E-state index in [4.69, 9.17) is 0 Å². The Balaban J connectivity index is 1.70. The maximum atomic E-state index is 12.1. The van der Waals surface area contributed by atoms with Crippen LogP contribution in [0.4, 0.5) is 0 Å². The van der Waals surface area contributed by atoms with Gasteiger partial charge in [0.1, 0.15) is 5.78 Å². The molecule has 1 amide bonds. The molecule has 0 aliphatic heterocycles. The summed E-state index contributed by atoms with van der Waals surface area (Å²) in [6.07, 6.45) is 2.41. The van der Waals surface area contributed by atoms with Crippen molar-refractivity contribution in [3.63, 3.8) is 0 Å². The maximum absolute atomic E-state index is 12.1. The average molecular weight is 358 g/mol. The van der Waals surface area contributed by atoms with Crippen molar-refractivity contribution in [3.8, 4) is 0 Å². The van der Waals surface area contributed by atoms with Crippen LogP contribution in [0.25, 0.3) is 0 Å². The molecular weight excluding hydrogens is 336 g/mol. The Morgan fingerprint density at radius 3 is 2.44 bits per heavy atom. The van der Waals surface area contributed by atoms with E-state index in [1.807, 2.05) is 31.2 Å². The Bertz CT molecular complexity index is 740. The van der Waals surface area contributed by atoms with Gasteiger partial charge < -0.3 is 4.90 Å². The van der Waals surface area contributed by atoms with Gasteiger partial charge in [-0.25, -0.2) is 0 Å². The number of hydrogen-bond acceptors (Lipinski definition) is 5. The van der Waals surface area contributed by atoms with Gasteiger partial charge >= 0.3 is 0 Å². The third-order valence-corrected chi connectivity index (χ3v) is 4.86. The zero-order chi connectivity index (χ0) is 18.2. The standard InChI is InChI=1S/C19H22N2O3S/c1-14-6-10-18(25-14)17(23)9-7-16(22)8-11-19(24)21(2)13-15-5-3-4-12-20-15/h3-6,10,12H,7-9,11,13H2,1-2H3. The van der Waals surface area contributed by atoms with E-state index in [0.717, 1.165) is 10.6 Å². The molecule has 2 aromatic rings. The smallest absolute Gasteiger partial charge is 0.223 e. The molecule has 0 atom stereocenters. The SMILES string of the molecule is Cc1ccc(C(=O)CCC(=O)CCC(=O)N(C)Cc2ccccn2)s1. The summed E-state index contributed by atoms with van der Waals surface area (Å²) in [7, 11) is 1.70. The molecule has 0 radical (unpaired) electrons. The molecule has 132 valence electrons. The molecule has 25 heavy (non-hydrogen) atoms. The molecule has 0 aliphatic rings. The first-order chi connectivity index (χ1) is 12.0. The molecule has 2 heterocycles. The summed E-state index contributed by atoms with van der Waals surface area (Å²) >= 11 is 1.44. The van der Waals surface area contributed by atoms with Gasteiger partial charge in [0.2, 0.25) is 5.91 Å². The van der Waals surface area contributed by atoms with Gasteiger partial charge in [-0.1, -0.05) is 6.07 Å². The van der Waals surface area contributed by atoms with Crippen LogP contribution in [0, 0.1) is 6.92 Å². The fourth-order valence-electron chi connectivity index (χ4n) is 2.35. The Labute approximate surface area is 151 Å². The molecule has 0 spiro atoms. The molecule has 0 unspecified atom stereocenters. The lowest BCUT2D eigenvalue weighted by molar-refractivity contribution is -0.132. The van der Waals surface area contributed by atoms with Crippen LogP contribution in [-0.4, -0.2) is 34.4 Å². The van der Waals surface area contributed by atoms with Crippen molar-refractivity contribution in [2.24, 2.45) is 0 Å². The summed E-state index contributed by atoms with van der Waals surface area (Å²) in [6, 6.07) is 9.24. The van der Waals surface area contributed by atoms with Crippen molar-refractivity contribution >= 4 is 28.8 Å². The molecule has 5 nitrogen and oxygen atoms in total. The van der Waals surface area contributed by atoms with Crippen LogP contribution in [0.15, 0.2) is 36.5 Å². The number of nitrogens with zero attached hydrogens (tertiary/aromatic N) is 2. The minimum Gasteiger partial charge on any atom is -0.340 e. The molecule has 0 aliphatic carbocycles. The molecule has 0 N–H and O–H groups in total. The van der Waals surface area contributed by atoms with Crippen molar-refractivity contribution in [2.75, 3.05) is 7.05 Å². The van der Waals surface area contributed by atoms with E-state index in [2.05, 4.69) is 4.98 Å². The largest absolute Gasteiger partial charge is 0.340 e. The zero-order valence-electron chi connectivity index (χ0n) is 14.5. The van der Waals surface area contributed by atoms with E-state index in [-0.39, 0.29) is 43.2 Å². The highest BCUT2D eigenvalue weighted by molar-refractivity contribution is 7.14. The normalized spacial score (nSPS) is 10.5. The summed E-state index contributed by atoms with van der Waals surface area (Å²) in [5, 5.41) is 0. The first-order valence-electron chi connectivity index (χ1n) is 8.21. The third kappa shape index (κ3) is 6.23. The predicted octanol–water partition coefficient (Wildman–Crippen LogP) is 3.42. The highest BCUT2D eigenvalue weighted by Gasteiger charge is 2.14. The van der Waals surface area contributed by atoms with Crippen molar-refractivity contribution in [2.45, 2.75) is 39.2 Å². The van der Waals surface area contributed by atoms with Gasteiger partial charge in [-0.15, -0.1) is 11.3 Å². The van der Waals surface area contributed by atoms with E-state index in [0.29, 0.717) is 11.4 Å². The van der Waals surface area contributed by atoms with Crippen LogP contribution < -0.4 is 0 Å². The first-order valence-corrected chi connectivity index (χ1v) is 9.02. The number of rotatable bonds is 9. The Kier molecular flexibility index (Phi) is 7.01. The van der Waals surface area contributed by atoms with E-state index < -0.39 is 0 Å². The summed E-state index contributed by atoms with van der Waals surface area (Å²) in [6.45, 7) is 2.36. The monoisotopic (exact) mass is 358 g/mol. The zero-order valence-corrected chi connectivity index (χ0v) is 15.3. The molecule has 2 rings (SSSR count). The van der Waals surface area contributed by atoms with E-state index >= 15 is 0 Å². The highest BCUT2D eigenvalue weighted by atomic mass is 32.1. The lowest BCUT2D eigenvalue weighted by Crippen LogP contribution is -2.26. The quantitative estimate of drug-likeness (QED) is 0.644. The van der Waals surface area contributed by atoms with Gasteiger partial charge in [0.05, 0.1) is 17.1 Å². The van der Waals surface area contributed by atoms with E-state index in [1.54, 1.807) is 24.2 Å². The Morgan fingerprint density at radius 1 is 1.04 bits per heavy atom. The number of carbonyl (C=O) groups is 3. The molecule has 0 saturated carbocycles. The Morgan fingerprint density at radius 2 is 1.80 bits per heavy atom. The molecule has 6 heteroatoms. The van der Waals surface area contributed by atoms with Crippen LogP contribution in [0.2, 0.25) is 0 Å². The second-order valence-corrected chi connectivity index (χ2v) is 7.23. The second kappa shape index (κ2) is 9.22. The highest BCUT2D eigenvalue weighted by Crippen LogP contribution is 2.18. The number of Topliss-reactive ketones (excluding diaryl/α,β-unsaturated/α-hetero) is 2. The predicted molar refractivity (Wildman–Crippen MR) is 97.6 cm³/mol. The van der Waals surface area contributed by atoms with Crippen molar-refractivity contribution in [3.05, 3.63) is 52.0 Å². The lowest BCUT2D eigenvalue weighted by atomic mass is 10.1. The van der Waals surface area contributed by atoms with E-state index in [1.165, 1.54) is 11.3 Å². The molecule has 0 aromatic carbocycles. The van der Waals surface area contributed by atoms with Crippen molar-refractivity contribution in [1.29, 1.82) is 0 Å². The molecule has 0 saturated heterocycles. The number of thiophene rings is 1. The molecule has 2 aromatic heterocycles. The maximum Gasteiger partial charge on any atom is 0.223 e. The third-order valence-electron chi connectivity index (χ3n) is 3.81. The number of ketones is 2. The molecule has 0 fully saturated rings. The number of amides is 1.